The molecular weight excluding hydrogens is 378 g/mol. The van der Waals surface area contributed by atoms with Gasteiger partial charge in [-0.3, -0.25) is 0 Å². The number of hydrogen-bond acceptors (Lipinski definition) is 0. The van der Waals surface area contributed by atoms with Crippen LogP contribution in [-0.2, 0) is 22.8 Å². The quantitative estimate of drug-likeness (QED) is 0.581. The molecule has 0 fully saturated rings. The molecule has 0 aromatic heterocycles. The van der Waals surface area contributed by atoms with Gasteiger partial charge in [0.1, 0.15) is 0 Å². The fraction of sp³-hybridized carbons (Fsp3) is 0.0556. The van der Waals surface area contributed by atoms with Crippen LogP contribution >= 0.6 is 0 Å². The van der Waals surface area contributed by atoms with Gasteiger partial charge in [0.15, 0.2) is 0 Å². The molecule has 0 saturated carbocycles. The summed E-state index contributed by atoms with van der Waals surface area (Å²) in [5, 5.41) is 0. The SMILES string of the molecule is C1=C[CH]([Zr+2]=[C](c2ccccc2)c2ccccc2)C=C1.[Cl-].[Cl-]. The third-order valence-electron chi connectivity index (χ3n) is 3.18. The first-order chi connectivity index (χ1) is 9.43. The van der Waals surface area contributed by atoms with E-state index in [1.165, 1.54) is 11.1 Å². The average molecular weight is 393 g/mol. The van der Waals surface area contributed by atoms with Crippen molar-refractivity contribution >= 4 is 3.21 Å². The molecule has 0 heterocycles. The first-order valence-corrected chi connectivity index (χ1v) is 9.17. The second kappa shape index (κ2) is 9.31. The van der Waals surface area contributed by atoms with Gasteiger partial charge >= 0.3 is 126 Å². The minimum absolute atomic E-state index is 0. The van der Waals surface area contributed by atoms with Gasteiger partial charge in [-0.1, -0.05) is 0 Å². The van der Waals surface area contributed by atoms with Crippen molar-refractivity contribution < 1.29 is 47.6 Å². The summed E-state index contributed by atoms with van der Waals surface area (Å²) in [6.45, 7) is 0. The summed E-state index contributed by atoms with van der Waals surface area (Å²) in [5.41, 5.74) is 2.79. The molecule has 0 nitrogen and oxygen atoms in total. The first kappa shape index (κ1) is 18.3. The van der Waals surface area contributed by atoms with Crippen molar-refractivity contribution in [1.29, 1.82) is 0 Å². The van der Waals surface area contributed by atoms with Crippen LogP contribution in [0.4, 0.5) is 0 Å². The predicted octanol–water partition coefficient (Wildman–Crippen LogP) is -1.74. The van der Waals surface area contributed by atoms with Crippen LogP contribution < -0.4 is 24.8 Å². The molecule has 2 aromatic rings. The van der Waals surface area contributed by atoms with Crippen molar-refractivity contribution in [2.45, 2.75) is 3.63 Å². The molecule has 3 heteroatoms. The maximum absolute atomic E-state index is 2.35. The molecule has 0 atom stereocenters. The Bertz CT molecular complexity index is 577. The van der Waals surface area contributed by atoms with Crippen molar-refractivity contribution in [3.05, 3.63) is 96.1 Å². The van der Waals surface area contributed by atoms with Crippen molar-refractivity contribution in [2.75, 3.05) is 0 Å². The summed E-state index contributed by atoms with van der Waals surface area (Å²) in [6.07, 6.45) is 9.05. The Hall–Kier alpha value is -0.747. The van der Waals surface area contributed by atoms with E-state index in [1.54, 1.807) is 3.21 Å². The fourth-order valence-corrected chi connectivity index (χ4v) is 5.72. The predicted molar refractivity (Wildman–Crippen MR) is 78.1 cm³/mol. The number of benzene rings is 2. The molecule has 1 aliphatic carbocycles. The van der Waals surface area contributed by atoms with E-state index in [1.807, 2.05) is 0 Å². The minimum Gasteiger partial charge on any atom is -1.00 e. The number of halogens is 2. The second-order valence-electron chi connectivity index (χ2n) is 4.55. The molecule has 0 unspecified atom stereocenters. The van der Waals surface area contributed by atoms with Crippen LogP contribution in [0.1, 0.15) is 11.1 Å². The third kappa shape index (κ3) is 4.88. The van der Waals surface area contributed by atoms with E-state index >= 15 is 0 Å². The maximum Gasteiger partial charge on any atom is -1.00 e. The van der Waals surface area contributed by atoms with Gasteiger partial charge in [-0.25, -0.2) is 0 Å². The van der Waals surface area contributed by atoms with Crippen LogP contribution in [0.5, 0.6) is 0 Å². The van der Waals surface area contributed by atoms with Gasteiger partial charge in [0.25, 0.3) is 0 Å². The minimum atomic E-state index is -0.667. The molecule has 2 aromatic carbocycles. The summed E-state index contributed by atoms with van der Waals surface area (Å²) in [6, 6.07) is 21.7. The summed E-state index contributed by atoms with van der Waals surface area (Å²) in [4.78, 5) is 0. The molecule has 3 rings (SSSR count). The molecule has 105 valence electrons. The molecule has 0 N–H and O–H groups in total. The zero-order valence-electron chi connectivity index (χ0n) is 11.4. The van der Waals surface area contributed by atoms with E-state index in [0.29, 0.717) is 3.63 Å². The first-order valence-electron chi connectivity index (χ1n) is 6.53. The van der Waals surface area contributed by atoms with E-state index in [2.05, 4.69) is 85.0 Å². The van der Waals surface area contributed by atoms with Gasteiger partial charge < -0.3 is 24.8 Å². The normalized spacial score (nSPS) is 12.2. The van der Waals surface area contributed by atoms with Crippen molar-refractivity contribution in [3.8, 4) is 0 Å². The molecule has 21 heavy (non-hydrogen) atoms. The zero-order valence-corrected chi connectivity index (χ0v) is 15.4. The summed E-state index contributed by atoms with van der Waals surface area (Å²) in [5.74, 6) is 0. The van der Waals surface area contributed by atoms with Gasteiger partial charge in [0.05, 0.1) is 0 Å². The Labute approximate surface area is 149 Å². The van der Waals surface area contributed by atoms with Crippen molar-refractivity contribution in [3.63, 3.8) is 0 Å². The monoisotopic (exact) mass is 391 g/mol. The van der Waals surface area contributed by atoms with Gasteiger partial charge in [-0.15, -0.1) is 0 Å². The number of allylic oxidation sites excluding steroid dienone is 4. The fourth-order valence-electron chi connectivity index (χ4n) is 2.24. The van der Waals surface area contributed by atoms with Crippen LogP contribution in [0.2, 0.25) is 3.63 Å². The van der Waals surface area contributed by atoms with Crippen LogP contribution in [0, 0.1) is 0 Å². The largest absolute Gasteiger partial charge is 1.00 e. The Balaban J connectivity index is 0.00000110. The Morgan fingerprint density at radius 2 is 1.10 bits per heavy atom. The number of rotatable bonds is 3. The van der Waals surface area contributed by atoms with E-state index in [9.17, 15) is 0 Å². The molecular formula is C18H15Cl2Zr. The molecule has 0 aliphatic heterocycles. The Morgan fingerprint density at radius 1 is 0.667 bits per heavy atom. The van der Waals surface area contributed by atoms with E-state index < -0.39 is 22.8 Å². The molecule has 0 bridgehead atoms. The van der Waals surface area contributed by atoms with Gasteiger partial charge in [0, 0.05) is 0 Å². The van der Waals surface area contributed by atoms with Crippen molar-refractivity contribution in [1.82, 2.24) is 0 Å². The Kier molecular flexibility index (Phi) is 8.11. The average Bonchev–Trinajstić information content (AvgIpc) is 3.00. The molecule has 0 amide bonds. The topological polar surface area (TPSA) is 0 Å². The molecule has 0 saturated heterocycles. The van der Waals surface area contributed by atoms with E-state index in [-0.39, 0.29) is 24.8 Å². The van der Waals surface area contributed by atoms with Crippen molar-refractivity contribution in [2.24, 2.45) is 0 Å². The molecule has 0 spiro atoms. The second-order valence-corrected chi connectivity index (χ2v) is 8.12. The summed E-state index contributed by atoms with van der Waals surface area (Å²) >= 11 is -0.667. The van der Waals surface area contributed by atoms with Gasteiger partial charge in [-0.05, 0) is 0 Å². The molecule has 1 aliphatic rings. The third-order valence-corrected chi connectivity index (χ3v) is 7.08. The van der Waals surface area contributed by atoms with Crippen LogP contribution in [0.15, 0.2) is 85.0 Å². The standard InChI is InChI=1S/C13H10.C5H5.2ClH.Zr/c1-3-7-12(8-4-1)11-13-9-5-2-6-10-13;1-2-4-5-3-1;;;/h1-10H;1-5H;2*1H;/q;;;;+2/p-2. The number of hydrogen-bond donors (Lipinski definition) is 0. The summed E-state index contributed by atoms with van der Waals surface area (Å²) < 4.78 is 2.28. The van der Waals surface area contributed by atoms with Crippen LogP contribution in [0.3, 0.4) is 0 Å². The molecule has 0 radical (unpaired) electrons. The van der Waals surface area contributed by atoms with Gasteiger partial charge in [-0.2, -0.15) is 0 Å². The van der Waals surface area contributed by atoms with E-state index in [4.69, 9.17) is 0 Å². The van der Waals surface area contributed by atoms with Crippen LogP contribution in [-0.4, -0.2) is 3.21 Å². The Morgan fingerprint density at radius 3 is 1.52 bits per heavy atom. The summed E-state index contributed by atoms with van der Waals surface area (Å²) in [7, 11) is 0. The van der Waals surface area contributed by atoms with E-state index in [0.717, 1.165) is 0 Å². The van der Waals surface area contributed by atoms with Gasteiger partial charge in [0.2, 0.25) is 0 Å². The smallest absolute Gasteiger partial charge is 1.00 e. The zero-order chi connectivity index (χ0) is 12.9. The van der Waals surface area contributed by atoms with Crippen LogP contribution in [0.25, 0.3) is 0 Å². The maximum atomic E-state index is 2.35.